The number of ether oxygens (including phenoxy) is 2. The van der Waals surface area contributed by atoms with Crippen molar-refractivity contribution in [2.24, 2.45) is 0 Å². The van der Waals surface area contributed by atoms with E-state index in [0.717, 1.165) is 12.3 Å². The molecule has 0 amide bonds. The van der Waals surface area contributed by atoms with Crippen LogP contribution in [0, 0.1) is 0 Å². The molecular weight excluding hydrogens is 370 g/mol. The number of unbranched alkanes of at least 4 members (excludes halogenated alkanes) is 5. The molecule has 0 radical (unpaired) electrons. The summed E-state index contributed by atoms with van der Waals surface area (Å²) in [7, 11) is 0. The molecule has 0 aliphatic rings. The van der Waals surface area contributed by atoms with Gasteiger partial charge in [-0.05, 0) is 44.9 Å². The highest BCUT2D eigenvalue weighted by atomic mass is 16.5. The van der Waals surface area contributed by atoms with Crippen LogP contribution in [0.25, 0.3) is 0 Å². The van der Waals surface area contributed by atoms with E-state index in [1.807, 2.05) is 30.3 Å². The van der Waals surface area contributed by atoms with Crippen LogP contribution in [0.2, 0.25) is 0 Å². The Bertz CT molecular complexity index is 672. The van der Waals surface area contributed by atoms with Crippen LogP contribution in [0.15, 0.2) is 60.7 Å². The summed E-state index contributed by atoms with van der Waals surface area (Å²) in [6.45, 7) is 11.2. The van der Waals surface area contributed by atoms with Gasteiger partial charge < -0.3 is 9.47 Å². The van der Waals surface area contributed by atoms with Crippen LogP contribution in [0.4, 0.5) is 0 Å². The lowest BCUT2D eigenvalue weighted by Gasteiger charge is -2.43. The van der Waals surface area contributed by atoms with Gasteiger partial charge >= 0.3 is 0 Å². The van der Waals surface area contributed by atoms with Crippen molar-refractivity contribution in [3.05, 3.63) is 66.2 Å². The van der Waals surface area contributed by atoms with E-state index in [-0.39, 0.29) is 11.8 Å². The second kappa shape index (κ2) is 13.5. The van der Waals surface area contributed by atoms with Crippen LogP contribution in [0.5, 0.6) is 5.75 Å². The third-order valence-corrected chi connectivity index (χ3v) is 5.84. The predicted octanol–water partition coefficient (Wildman–Crippen LogP) is 7.03. The van der Waals surface area contributed by atoms with Gasteiger partial charge in [-0.1, -0.05) is 87.6 Å². The normalized spacial score (nSPS) is 12.8. The fraction of sp³-hybridized carbons (Fsp3) is 0.556. The molecule has 2 aromatic carbocycles. The van der Waals surface area contributed by atoms with Crippen LogP contribution in [0.3, 0.4) is 0 Å². The molecule has 0 heterocycles. The summed E-state index contributed by atoms with van der Waals surface area (Å²) in [4.78, 5) is 2.50. The summed E-state index contributed by atoms with van der Waals surface area (Å²) < 4.78 is 12.0. The Kier molecular flexibility index (Phi) is 11.0. The third-order valence-electron chi connectivity index (χ3n) is 5.84. The smallest absolute Gasteiger partial charge is 0.119 e. The molecule has 1 atom stereocenters. The maximum atomic E-state index is 6.23. The second-order valence-electron chi connectivity index (χ2n) is 8.52. The highest BCUT2D eigenvalue weighted by Crippen LogP contribution is 2.30. The Hall–Kier alpha value is -1.84. The molecule has 2 aromatic rings. The van der Waals surface area contributed by atoms with Gasteiger partial charge in [-0.25, -0.2) is 0 Å². The van der Waals surface area contributed by atoms with Crippen molar-refractivity contribution >= 4 is 0 Å². The van der Waals surface area contributed by atoms with Crippen molar-refractivity contribution < 1.29 is 9.47 Å². The SMILES string of the molecule is CCCCCCCCN(C(C)OCCOc1ccccc1)C(C)(C)c1ccccc1. The van der Waals surface area contributed by atoms with E-state index in [1.54, 1.807) is 0 Å². The van der Waals surface area contributed by atoms with Gasteiger partial charge in [0.25, 0.3) is 0 Å². The standard InChI is InChI=1S/C27H41NO2/c1-5-6-7-8-9-16-21-28(27(3,4)25-17-12-10-13-18-25)24(2)29-22-23-30-26-19-14-11-15-20-26/h10-15,17-20,24H,5-9,16,21-23H2,1-4H3. The van der Waals surface area contributed by atoms with Gasteiger partial charge in [0.1, 0.15) is 18.6 Å². The summed E-state index contributed by atoms with van der Waals surface area (Å²) in [6, 6.07) is 20.7. The van der Waals surface area contributed by atoms with Gasteiger partial charge in [0.2, 0.25) is 0 Å². The molecule has 0 N–H and O–H groups in total. The lowest BCUT2D eigenvalue weighted by molar-refractivity contribution is -0.0991. The van der Waals surface area contributed by atoms with Crippen molar-refractivity contribution in [1.29, 1.82) is 0 Å². The summed E-state index contributed by atoms with van der Waals surface area (Å²) in [6.07, 6.45) is 7.83. The minimum absolute atomic E-state index is 0.0234. The number of nitrogens with zero attached hydrogens (tertiary/aromatic N) is 1. The highest BCUT2D eigenvalue weighted by Gasteiger charge is 2.32. The van der Waals surface area contributed by atoms with Gasteiger partial charge in [-0.15, -0.1) is 0 Å². The minimum atomic E-state index is -0.0929. The number of hydrogen-bond donors (Lipinski definition) is 0. The van der Waals surface area contributed by atoms with Gasteiger partial charge in [0.15, 0.2) is 0 Å². The molecule has 0 bridgehead atoms. The van der Waals surface area contributed by atoms with E-state index in [4.69, 9.17) is 9.47 Å². The lowest BCUT2D eigenvalue weighted by atomic mass is 9.91. The van der Waals surface area contributed by atoms with Gasteiger partial charge in [-0.2, -0.15) is 0 Å². The van der Waals surface area contributed by atoms with E-state index in [0.29, 0.717) is 13.2 Å². The molecule has 30 heavy (non-hydrogen) atoms. The van der Waals surface area contributed by atoms with Gasteiger partial charge in [0.05, 0.1) is 6.61 Å². The first kappa shape index (κ1) is 24.4. The first-order valence-electron chi connectivity index (χ1n) is 11.7. The molecule has 0 aliphatic carbocycles. The highest BCUT2D eigenvalue weighted by molar-refractivity contribution is 5.23. The number of para-hydroxylation sites is 1. The molecule has 0 saturated heterocycles. The molecule has 0 aromatic heterocycles. The summed E-state index contributed by atoms with van der Waals surface area (Å²) in [5.74, 6) is 0.891. The van der Waals surface area contributed by atoms with Gasteiger partial charge in [0, 0.05) is 12.1 Å². The van der Waals surface area contributed by atoms with E-state index in [9.17, 15) is 0 Å². The molecular formula is C27H41NO2. The summed E-state index contributed by atoms with van der Waals surface area (Å²) in [5.41, 5.74) is 1.23. The van der Waals surface area contributed by atoms with Crippen molar-refractivity contribution in [2.45, 2.75) is 78.0 Å². The van der Waals surface area contributed by atoms with E-state index < -0.39 is 0 Å². The van der Waals surface area contributed by atoms with Crippen molar-refractivity contribution in [2.75, 3.05) is 19.8 Å². The molecule has 0 spiro atoms. The largest absolute Gasteiger partial charge is 0.491 e. The van der Waals surface area contributed by atoms with Crippen molar-refractivity contribution in [1.82, 2.24) is 4.90 Å². The molecule has 166 valence electrons. The maximum absolute atomic E-state index is 6.23. The fourth-order valence-corrected chi connectivity index (χ4v) is 3.98. The monoisotopic (exact) mass is 411 g/mol. The average Bonchev–Trinajstić information content (AvgIpc) is 2.77. The van der Waals surface area contributed by atoms with Crippen LogP contribution in [0.1, 0.15) is 71.8 Å². The third kappa shape index (κ3) is 8.12. The number of hydrogen-bond acceptors (Lipinski definition) is 3. The Labute approximate surface area is 184 Å². The van der Waals surface area contributed by atoms with E-state index in [2.05, 4.69) is 62.9 Å². The van der Waals surface area contributed by atoms with Crippen LogP contribution < -0.4 is 4.74 Å². The Balaban J connectivity index is 1.91. The first-order valence-corrected chi connectivity index (χ1v) is 11.7. The zero-order chi connectivity index (χ0) is 21.7. The Morgan fingerprint density at radius 2 is 1.40 bits per heavy atom. The maximum Gasteiger partial charge on any atom is 0.119 e. The second-order valence-corrected chi connectivity index (χ2v) is 8.52. The lowest BCUT2D eigenvalue weighted by Crippen LogP contribution is -2.48. The van der Waals surface area contributed by atoms with E-state index in [1.165, 1.54) is 44.1 Å². The fourth-order valence-electron chi connectivity index (χ4n) is 3.98. The molecule has 0 aliphatic heterocycles. The zero-order valence-corrected chi connectivity index (χ0v) is 19.5. The number of benzene rings is 2. The van der Waals surface area contributed by atoms with Crippen molar-refractivity contribution in [3.8, 4) is 5.75 Å². The summed E-state index contributed by atoms with van der Waals surface area (Å²) >= 11 is 0. The van der Waals surface area contributed by atoms with E-state index >= 15 is 0 Å². The van der Waals surface area contributed by atoms with Crippen LogP contribution >= 0.6 is 0 Å². The van der Waals surface area contributed by atoms with Crippen LogP contribution in [-0.4, -0.2) is 30.9 Å². The summed E-state index contributed by atoms with van der Waals surface area (Å²) in [5, 5.41) is 0. The molecule has 0 saturated carbocycles. The molecule has 3 heteroatoms. The van der Waals surface area contributed by atoms with Crippen LogP contribution in [-0.2, 0) is 10.3 Å². The van der Waals surface area contributed by atoms with Gasteiger partial charge in [-0.3, -0.25) is 4.90 Å². The molecule has 1 unspecified atom stereocenters. The zero-order valence-electron chi connectivity index (χ0n) is 19.5. The molecule has 3 nitrogen and oxygen atoms in total. The predicted molar refractivity (Wildman–Crippen MR) is 127 cm³/mol. The number of rotatable bonds is 15. The minimum Gasteiger partial charge on any atom is -0.491 e. The molecule has 2 rings (SSSR count). The van der Waals surface area contributed by atoms with Crippen molar-refractivity contribution in [3.63, 3.8) is 0 Å². The topological polar surface area (TPSA) is 21.7 Å². The quantitative estimate of drug-likeness (QED) is 0.232. The average molecular weight is 412 g/mol. The molecule has 0 fully saturated rings. The Morgan fingerprint density at radius 3 is 2.07 bits per heavy atom. The first-order chi connectivity index (χ1) is 14.6. The Morgan fingerprint density at radius 1 is 0.800 bits per heavy atom.